The van der Waals surface area contributed by atoms with Crippen molar-refractivity contribution in [3.63, 3.8) is 0 Å². The zero-order chi connectivity index (χ0) is 16.9. The molecule has 1 amide bonds. The molecule has 0 saturated heterocycles. The maximum atomic E-state index is 13.0. The van der Waals surface area contributed by atoms with Crippen molar-refractivity contribution in [2.45, 2.75) is 13.0 Å². The molecule has 0 saturated carbocycles. The summed E-state index contributed by atoms with van der Waals surface area (Å²) in [5, 5.41) is 2.64. The SMILES string of the molecule is CC(NC(=O)Oc1ccccc1)c1ncc(-c2ccc(F)cc2)o1. The number of halogens is 1. The molecule has 0 aliphatic rings. The molecule has 6 heteroatoms. The molecule has 5 nitrogen and oxygen atoms in total. The Morgan fingerprint density at radius 1 is 1.17 bits per heavy atom. The topological polar surface area (TPSA) is 64.4 Å². The first-order valence-corrected chi connectivity index (χ1v) is 7.37. The fourth-order valence-electron chi connectivity index (χ4n) is 2.10. The first kappa shape index (κ1) is 15.7. The molecule has 1 unspecified atom stereocenters. The zero-order valence-corrected chi connectivity index (χ0v) is 12.9. The van der Waals surface area contributed by atoms with Gasteiger partial charge in [-0.2, -0.15) is 0 Å². The lowest BCUT2D eigenvalue weighted by molar-refractivity contribution is 0.195. The molecule has 0 bridgehead atoms. The highest BCUT2D eigenvalue weighted by Crippen LogP contribution is 2.23. The molecule has 1 aromatic heterocycles. The van der Waals surface area contributed by atoms with E-state index >= 15 is 0 Å². The highest BCUT2D eigenvalue weighted by atomic mass is 19.1. The van der Waals surface area contributed by atoms with Crippen molar-refractivity contribution >= 4 is 6.09 Å². The summed E-state index contributed by atoms with van der Waals surface area (Å²) in [4.78, 5) is 16.0. The minimum Gasteiger partial charge on any atom is -0.438 e. The minimum absolute atomic E-state index is 0.322. The van der Waals surface area contributed by atoms with Crippen LogP contribution in [-0.4, -0.2) is 11.1 Å². The van der Waals surface area contributed by atoms with Crippen molar-refractivity contribution in [2.75, 3.05) is 0 Å². The standard InChI is InChI=1S/C18H15FN2O3/c1-12(21-18(22)23-15-5-3-2-4-6-15)17-20-11-16(24-17)13-7-9-14(19)10-8-13/h2-12H,1H3,(H,21,22). The fraction of sp³-hybridized carbons (Fsp3) is 0.111. The molecular formula is C18H15FN2O3. The second-order valence-electron chi connectivity index (χ2n) is 5.14. The van der Waals surface area contributed by atoms with Crippen LogP contribution in [0.15, 0.2) is 65.2 Å². The van der Waals surface area contributed by atoms with Gasteiger partial charge < -0.3 is 14.5 Å². The van der Waals surface area contributed by atoms with Crippen molar-refractivity contribution in [3.05, 3.63) is 72.5 Å². The summed E-state index contributed by atoms with van der Waals surface area (Å²) in [7, 11) is 0. The van der Waals surface area contributed by atoms with Crippen LogP contribution < -0.4 is 10.1 Å². The van der Waals surface area contributed by atoms with Crippen LogP contribution in [0.3, 0.4) is 0 Å². The number of nitrogens with one attached hydrogen (secondary N) is 1. The smallest absolute Gasteiger partial charge is 0.413 e. The Morgan fingerprint density at radius 2 is 1.88 bits per heavy atom. The number of rotatable bonds is 4. The van der Waals surface area contributed by atoms with Crippen molar-refractivity contribution in [3.8, 4) is 17.1 Å². The first-order valence-electron chi connectivity index (χ1n) is 7.37. The first-order chi connectivity index (χ1) is 11.6. The summed E-state index contributed by atoms with van der Waals surface area (Å²) >= 11 is 0. The van der Waals surface area contributed by atoms with Gasteiger partial charge in [0.15, 0.2) is 5.76 Å². The maximum Gasteiger partial charge on any atom is 0.413 e. The number of ether oxygens (including phenoxy) is 1. The van der Waals surface area contributed by atoms with Crippen LogP contribution in [0.25, 0.3) is 11.3 Å². The van der Waals surface area contributed by atoms with Crippen LogP contribution in [-0.2, 0) is 0 Å². The largest absolute Gasteiger partial charge is 0.438 e. The molecule has 0 spiro atoms. The predicted octanol–water partition coefficient (Wildman–Crippen LogP) is 4.33. The monoisotopic (exact) mass is 326 g/mol. The number of nitrogens with zero attached hydrogens (tertiary/aromatic N) is 1. The predicted molar refractivity (Wildman–Crippen MR) is 85.9 cm³/mol. The van der Waals surface area contributed by atoms with Crippen LogP contribution >= 0.6 is 0 Å². The van der Waals surface area contributed by atoms with E-state index in [-0.39, 0.29) is 5.82 Å². The van der Waals surface area contributed by atoms with Crippen molar-refractivity contribution in [2.24, 2.45) is 0 Å². The van der Waals surface area contributed by atoms with E-state index in [0.717, 1.165) is 0 Å². The van der Waals surface area contributed by atoms with Crippen molar-refractivity contribution < 1.29 is 18.3 Å². The minimum atomic E-state index is -0.602. The summed E-state index contributed by atoms with van der Waals surface area (Å²) in [6.07, 6.45) is 0.929. The summed E-state index contributed by atoms with van der Waals surface area (Å²) < 4.78 is 23.7. The number of carbonyl (C=O) groups is 1. The number of hydrogen-bond acceptors (Lipinski definition) is 4. The van der Waals surface area contributed by atoms with E-state index in [2.05, 4.69) is 10.3 Å². The molecule has 0 aliphatic carbocycles. The maximum absolute atomic E-state index is 13.0. The van der Waals surface area contributed by atoms with E-state index in [1.54, 1.807) is 43.3 Å². The Hall–Kier alpha value is -3.15. The van der Waals surface area contributed by atoms with Gasteiger partial charge in [-0.1, -0.05) is 18.2 Å². The van der Waals surface area contributed by atoms with Gasteiger partial charge in [0, 0.05) is 5.56 Å². The third-order valence-corrected chi connectivity index (χ3v) is 3.31. The molecule has 3 rings (SSSR count). The number of benzene rings is 2. The quantitative estimate of drug-likeness (QED) is 0.775. The van der Waals surface area contributed by atoms with Gasteiger partial charge in [-0.15, -0.1) is 0 Å². The van der Waals surface area contributed by atoms with Crippen molar-refractivity contribution in [1.29, 1.82) is 0 Å². The van der Waals surface area contributed by atoms with E-state index < -0.39 is 12.1 Å². The molecule has 0 aliphatic heterocycles. The van der Waals surface area contributed by atoms with E-state index in [1.807, 2.05) is 6.07 Å². The van der Waals surface area contributed by atoms with E-state index in [1.165, 1.54) is 18.3 Å². The molecule has 0 radical (unpaired) electrons. The number of carbonyl (C=O) groups excluding carboxylic acids is 1. The molecule has 0 fully saturated rings. The second-order valence-corrected chi connectivity index (χ2v) is 5.14. The Balaban J connectivity index is 1.64. The van der Waals surface area contributed by atoms with Gasteiger partial charge >= 0.3 is 6.09 Å². The Morgan fingerprint density at radius 3 is 2.58 bits per heavy atom. The van der Waals surface area contributed by atoms with E-state index in [4.69, 9.17) is 9.15 Å². The van der Waals surface area contributed by atoms with E-state index in [0.29, 0.717) is 23.0 Å². The number of amides is 1. The lowest BCUT2D eigenvalue weighted by Gasteiger charge is -2.10. The van der Waals surface area contributed by atoms with Gasteiger partial charge in [-0.3, -0.25) is 0 Å². The summed E-state index contributed by atoms with van der Waals surface area (Å²) in [5.74, 6) is 0.952. The summed E-state index contributed by atoms with van der Waals surface area (Å²) in [6.45, 7) is 1.73. The average Bonchev–Trinajstić information content (AvgIpc) is 3.06. The molecule has 1 heterocycles. The van der Waals surface area contributed by atoms with Gasteiger partial charge in [0.2, 0.25) is 5.89 Å². The van der Waals surface area contributed by atoms with Crippen LogP contribution in [0.1, 0.15) is 18.9 Å². The van der Waals surface area contributed by atoms with Crippen LogP contribution in [0.4, 0.5) is 9.18 Å². The van der Waals surface area contributed by atoms with Gasteiger partial charge in [0.1, 0.15) is 17.6 Å². The van der Waals surface area contributed by atoms with Crippen molar-refractivity contribution in [1.82, 2.24) is 10.3 Å². The zero-order valence-electron chi connectivity index (χ0n) is 12.9. The highest BCUT2D eigenvalue weighted by Gasteiger charge is 2.17. The molecule has 122 valence electrons. The van der Waals surface area contributed by atoms with Gasteiger partial charge in [0.25, 0.3) is 0 Å². The van der Waals surface area contributed by atoms with E-state index in [9.17, 15) is 9.18 Å². The number of para-hydroxylation sites is 1. The lowest BCUT2D eigenvalue weighted by Crippen LogP contribution is -2.29. The summed E-state index contributed by atoms with van der Waals surface area (Å²) in [6, 6.07) is 14.1. The molecular weight excluding hydrogens is 311 g/mol. The molecule has 1 N–H and O–H groups in total. The van der Waals surface area contributed by atoms with Gasteiger partial charge in [0.05, 0.1) is 6.20 Å². The Bertz CT molecular complexity index is 816. The average molecular weight is 326 g/mol. The number of aromatic nitrogens is 1. The normalized spacial score (nSPS) is 11.8. The lowest BCUT2D eigenvalue weighted by atomic mass is 10.2. The van der Waals surface area contributed by atoms with Gasteiger partial charge in [-0.05, 0) is 43.3 Å². The Kier molecular flexibility index (Phi) is 4.56. The third-order valence-electron chi connectivity index (χ3n) is 3.31. The molecule has 3 aromatic rings. The highest BCUT2D eigenvalue weighted by molar-refractivity contribution is 5.70. The number of hydrogen-bond donors (Lipinski definition) is 1. The fourth-order valence-corrected chi connectivity index (χ4v) is 2.10. The van der Waals surface area contributed by atoms with Crippen LogP contribution in [0, 0.1) is 5.82 Å². The molecule has 24 heavy (non-hydrogen) atoms. The Labute approximate surface area is 138 Å². The molecule has 2 aromatic carbocycles. The van der Waals surface area contributed by atoms with Gasteiger partial charge in [-0.25, -0.2) is 14.2 Å². The van der Waals surface area contributed by atoms with Crippen LogP contribution in [0.2, 0.25) is 0 Å². The summed E-state index contributed by atoms with van der Waals surface area (Å²) in [5.41, 5.74) is 0.703. The second kappa shape index (κ2) is 6.95. The number of oxazole rings is 1. The third kappa shape index (κ3) is 3.78. The molecule has 1 atom stereocenters. The van der Waals surface area contributed by atoms with Crippen LogP contribution in [0.5, 0.6) is 5.75 Å².